The summed E-state index contributed by atoms with van der Waals surface area (Å²) in [7, 11) is 0. The second kappa shape index (κ2) is 7.09. The highest BCUT2D eigenvalue weighted by Crippen LogP contribution is 2.29. The third kappa shape index (κ3) is 3.20. The molecule has 1 amide bonds. The van der Waals surface area contributed by atoms with Crippen molar-refractivity contribution in [3.8, 4) is 0 Å². The summed E-state index contributed by atoms with van der Waals surface area (Å²) in [6.45, 7) is 4.80. The summed E-state index contributed by atoms with van der Waals surface area (Å²) >= 11 is 2.96. The van der Waals surface area contributed by atoms with E-state index in [0.29, 0.717) is 5.13 Å². The van der Waals surface area contributed by atoms with Gasteiger partial charge in [-0.2, -0.15) is 0 Å². The molecule has 1 unspecified atom stereocenters. The number of thioether (sulfide) groups is 1. The van der Waals surface area contributed by atoms with E-state index in [1.807, 2.05) is 49.4 Å². The van der Waals surface area contributed by atoms with Crippen molar-refractivity contribution < 1.29 is 4.79 Å². The van der Waals surface area contributed by atoms with Crippen LogP contribution in [0.15, 0.2) is 53.7 Å². The van der Waals surface area contributed by atoms with Crippen LogP contribution in [0.4, 0.5) is 5.13 Å². The van der Waals surface area contributed by atoms with E-state index in [1.165, 1.54) is 23.1 Å². The topological polar surface area (TPSA) is 59.8 Å². The number of nitrogens with one attached hydrogen (secondary N) is 1. The number of benzene rings is 2. The van der Waals surface area contributed by atoms with Crippen molar-refractivity contribution in [1.82, 2.24) is 14.5 Å². The summed E-state index contributed by atoms with van der Waals surface area (Å²) in [5.41, 5.74) is 2.95. The maximum atomic E-state index is 12.6. The summed E-state index contributed by atoms with van der Waals surface area (Å²) in [6.07, 6.45) is 0. The number of fused-ring (bicyclic) bond motifs is 2. The minimum atomic E-state index is -0.274. The number of hydrogen-bond donors (Lipinski definition) is 1. The van der Waals surface area contributed by atoms with Crippen LogP contribution < -0.4 is 5.32 Å². The molecule has 4 aromatic rings. The summed E-state index contributed by atoms with van der Waals surface area (Å²) in [5, 5.41) is 4.15. The summed E-state index contributed by atoms with van der Waals surface area (Å²) in [4.78, 5) is 21.8. The second-order valence-corrected chi connectivity index (χ2v) is 8.20. The Hall–Kier alpha value is -2.38. The summed E-state index contributed by atoms with van der Waals surface area (Å²) in [5.74, 6) is -0.0660. The molecular formula is C19H18N4OS2. The van der Waals surface area contributed by atoms with Gasteiger partial charge in [-0.15, -0.1) is 0 Å². The van der Waals surface area contributed by atoms with E-state index in [-0.39, 0.29) is 11.2 Å². The molecule has 0 aliphatic heterocycles. The van der Waals surface area contributed by atoms with Gasteiger partial charge in [0.2, 0.25) is 5.91 Å². The van der Waals surface area contributed by atoms with Crippen LogP contribution in [-0.2, 0) is 11.3 Å². The number of anilines is 1. The van der Waals surface area contributed by atoms with E-state index in [1.54, 1.807) is 0 Å². The fourth-order valence-corrected chi connectivity index (χ4v) is 4.65. The van der Waals surface area contributed by atoms with Gasteiger partial charge in [0.25, 0.3) is 0 Å². The van der Waals surface area contributed by atoms with Gasteiger partial charge < -0.3 is 9.88 Å². The van der Waals surface area contributed by atoms with Gasteiger partial charge in [-0.25, -0.2) is 9.97 Å². The number of carbonyl (C=O) groups is 1. The van der Waals surface area contributed by atoms with Crippen molar-refractivity contribution >= 4 is 55.4 Å². The SMILES string of the molecule is CCn1c(SC(C)C(=O)Nc2nc3ccccc3s2)nc2ccccc21. The minimum absolute atomic E-state index is 0.0660. The lowest BCUT2D eigenvalue weighted by atomic mass is 10.3. The molecule has 4 rings (SSSR count). The molecule has 2 heterocycles. The van der Waals surface area contributed by atoms with Crippen LogP contribution in [0.25, 0.3) is 21.3 Å². The Morgan fingerprint density at radius 3 is 2.65 bits per heavy atom. The predicted octanol–water partition coefficient (Wildman–Crippen LogP) is 4.79. The first-order chi connectivity index (χ1) is 12.7. The van der Waals surface area contributed by atoms with Crippen LogP contribution >= 0.6 is 23.1 Å². The molecule has 0 fully saturated rings. The third-order valence-corrected chi connectivity index (χ3v) is 6.15. The van der Waals surface area contributed by atoms with E-state index in [9.17, 15) is 4.79 Å². The third-order valence-electron chi connectivity index (χ3n) is 4.11. The Bertz CT molecular complexity index is 1050. The zero-order chi connectivity index (χ0) is 18.1. The molecule has 0 saturated carbocycles. The molecule has 5 nitrogen and oxygen atoms in total. The number of thiazole rings is 1. The Kier molecular flexibility index (Phi) is 4.65. The molecule has 0 saturated heterocycles. The lowest BCUT2D eigenvalue weighted by molar-refractivity contribution is -0.115. The number of para-hydroxylation sites is 3. The molecule has 0 spiro atoms. The van der Waals surface area contributed by atoms with Crippen LogP contribution in [0.2, 0.25) is 0 Å². The average molecular weight is 383 g/mol. The number of aromatic nitrogens is 3. The quantitative estimate of drug-likeness (QED) is 0.504. The molecule has 1 atom stereocenters. The van der Waals surface area contributed by atoms with Gasteiger partial charge in [0.1, 0.15) is 0 Å². The first kappa shape index (κ1) is 17.1. The Morgan fingerprint density at radius 2 is 1.88 bits per heavy atom. The highest BCUT2D eigenvalue weighted by atomic mass is 32.2. The molecule has 26 heavy (non-hydrogen) atoms. The Labute approximate surface area is 159 Å². The van der Waals surface area contributed by atoms with Crippen LogP contribution in [0.5, 0.6) is 0 Å². The molecule has 7 heteroatoms. The Balaban J connectivity index is 1.52. The fraction of sp³-hybridized carbons (Fsp3) is 0.211. The van der Waals surface area contributed by atoms with E-state index in [0.717, 1.165) is 33.0 Å². The number of nitrogens with zero attached hydrogens (tertiary/aromatic N) is 3. The van der Waals surface area contributed by atoms with E-state index in [2.05, 4.69) is 32.8 Å². The van der Waals surface area contributed by atoms with Gasteiger partial charge in [0.15, 0.2) is 10.3 Å². The molecule has 2 aromatic heterocycles. The normalized spacial score (nSPS) is 12.5. The molecular weight excluding hydrogens is 364 g/mol. The predicted molar refractivity (Wildman–Crippen MR) is 109 cm³/mol. The minimum Gasteiger partial charge on any atom is -0.319 e. The van der Waals surface area contributed by atoms with Crippen molar-refractivity contribution in [3.05, 3.63) is 48.5 Å². The van der Waals surface area contributed by atoms with E-state index < -0.39 is 0 Å². The van der Waals surface area contributed by atoms with Gasteiger partial charge >= 0.3 is 0 Å². The second-order valence-electron chi connectivity index (χ2n) is 5.86. The average Bonchev–Trinajstić information content (AvgIpc) is 3.21. The van der Waals surface area contributed by atoms with Crippen molar-refractivity contribution in [3.63, 3.8) is 0 Å². The lowest BCUT2D eigenvalue weighted by Crippen LogP contribution is -2.22. The van der Waals surface area contributed by atoms with Crippen molar-refractivity contribution in [2.75, 3.05) is 5.32 Å². The van der Waals surface area contributed by atoms with Crippen molar-refractivity contribution in [2.24, 2.45) is 0 Å². The first-order valence-electron chi connectivity index (χ1n) is 8.44. The zero-order valence-corrected chi connectivity index (χ0v) is 16.1. The van der Waals surface area contributed by atoms with Crippen LogP contribution in [0.3, 0.4) is 0 Å². The standard InChI is InChI=1S/C19H18N4OS2/c1-3-23-15-10-6-4-8-13(15)21-19(23)25-12(2)17(24)22-18-20-14-9-5-7-11-16(14)26-18/h4-12H,3H2,1-2H3,(H,20,22,24). The lowest BCUT2D eigenvalue weighted by Gasteiger charge is -2.11. The van der Waals surface area contributed by atoms with Crippen LogP contribution in [-0.4, -0.2) is 25.7 Å². The van der Waals surface area contributed by atoms with Crippen LogP contribution in [0, 0.1) is 0 Å². The highest BCUT2D eigenvalue weighted by molar-refractivity contribution is 8.00. The number of aryl methyl sites for hydroxylation is 1. The largest absolute Gasteiger partial charge is 0.319 e. The molecule has 0 radical (unpaired) electrons. The molecule has 0 aliphatic rings. The first-order valence-corrected chi connectivity index (χ1v) is 10.1. The number of carbonyl (C=O) groups excluding carboxylic acids is 1. The highest BCUT2D eigenvalue weighted by Gasteiger charge is 2.20. The summed E-state index contributed by atoms with van der Waals surface area (Å²) < 4.78 is 3.21. The number of imidazole rings is 1. The number of amides is 1. The van der Waals surface area contributed by atoms with Crippen molar-refractivity contribution in [1.29, 1.82) is 0 Å². The molecule has 0 aliphatic carbocycles. The van der Waals surface area contributed by atoms with Crippen molar-refractivity contribution in [2.45, 2.75) is 30.8 Å². The fourth-order valence-electron chi connectivity index (χ4n) is 2.79. The maximum absolute atomic E-state index is 12.6. The zero-order valence-electron chi connectivity index (χ0n) is 14.5. The molecule has 2 aromatic carbocycles. The van der Waals surface area contributed by atoms with E-state index >= 15 is 0 Å². The van der Waals surface area contributed by atoms with Gasteiger partial charge in [-0.3, -0.25) is 4.79 Å². The van der Waals surface area contributed by atoms with Crippen LogP contribution in [0.1, 0.15) is 13.8 Å². The van der Waals surface area contributed by atoms with Gasteiger partial charge in [0.05, 0.1) is 26.5 Å². The maximum Gasteiger partial charge on any atom is 0.239 e. The van der Waals surface area contributed by atoms with Gasteiger partial charge in [-0.1, -0.05) is 47.4 Å². The van der Waals surface area contributed by atoms with Gasteiger partial charge in [0, 0.05) is 6.54 Å². The smallest absolute Gasteiger partial charge is 0.239 e. The summed E-state index contributed by atoms with van der Waals surface area (Å²) in [6, 6.07) is 15.9. The van der Waals surface area contributed by atoms with E-state index in [4.69, 9.17) is 0 Å². The molecule has 1 N–H and O–H groups in total. The number of hydrogen-bond acceptors (Lipinski definition) is 5. The molecule has 0 bridgehead atoms. The number of rotatable bonds is 5. The van der Waals surface area contributed by atoms with Gasteiger partial charge in [-0.05, 0) is 38.1 Å². The monoisotopic (exact) mass is 382 g/mol. The molecule has 132 valence electrons. The Morgan fingerprint density at radius 1 is 1.15 bits per heavy atom.